The Balaban J connectivity index is 1.50. The van der Waals surface area contributed by atoms with Crippen molar-refractivity contribution in [3.63, 3.8) is 0 Å². The Morgan fingerprint density at radius 2 is 2.47 bits per heavy atom. The highest BCUT2D eigenvalue weighted by Crippen LogP contribution is 2.11. The molecule has 3 rings (SSSR count). The Kier molecular flexibility index (Phi) is 3.56. The standard InChI is InChI=1S/C12H14N4O2S/c17-12(18-4-3-10-2-1-5-19-10)11-8-16(15-14-11)9-6-13-7-9/h1-2,5,8-9,13H,3-4,6-7H2. The van der Waals surface area contributed by atoms with Crippen LogP contribution in [0.25, 0.3) is 0 Å². The highest BCUT2D eigenvalue weighted by Gasteiger charge is 2.22. The van der Waals surface area contributed by atoms with Crippen LogP contribution in [0.4, 0.5) is 0 Å². The molecule has 7 heteroatoms. The molecule has 0 amide bonds. The first-order valence-electron chi connectivity index (χ1n) is 6.15. The van der Waals surface area contributed by atoms with Gasteiger partial charge in [-0.2, -0.15) is 0 Å². The molecule has 0 aromatic carbocycles. The number of thiophene rings is 1. The molecule has 0 atom stereocenters. The topological polar surface area (TPSA) is 69.0 Å². The first kappa shape index (κ1) is 12.3. The van der Waals surface area contributed by atoms with Crippen molar-refractivity contribution in [1.82, 2.24) is 20.3 Å². The molecule has 1 aliphatic rings. The molecule has 100 valence electrons. The van der Waals surface area contributed by atoms with Crippen molar-refractivity contribution < 1.29 is 9.53 Å². The number of rotatable bonds is 5. The van der Waals surface area contributed by atoms with Gasteiger partial charge in [-0.15, -0.1) is 16.4 Å². The second kappa shape index (κ2) is 5.50. The largest absolute Gasteiger partial charge is 0.460 e. The van der Waals surface area contributed by atoms with E-state index < -0.39 is 5.97 Å². The van der Waals surface area contributed by atoms with Crippen LogP contribution in [0.15, 0.2) is 23.7 Å². The molecule has 0 unspecified atom stereocenters. The van der Waals surface area contributed by atoms with E-state index in [0.717, 1.165) is 19.5 Å². The van der Waals surface area contributed by atoms with E-state index in [1.807, 2.05) is 17.5 Å². The fourth-order valence-corrected chi connectivity index (χ4v) is 2.47. The molecule has 2 aromatic rings. The molecule has 1 saturated heterocycles. The van der Waals surface area contributed by atoms with Gasteiger partial charge in [-0.3, -0.25) is 0 Å². The van der Waals surface area contributed by atoms with Crippen molar-refractivity contribution in [2.75, 3.05) is 19.7 Å². The highest BCUT2D eigenvalue weighted by molar-refractivity contribution is 7.09. The maximum atomic E-state index is 11.8. The Morgan fingerprint density at radius 3 is 3.16 bits per heavy atom. The molecule has 1 fully saturated rings. The van der Waals surface area contributed by atoms with Crippen molar-refractivity contribution in [3.8, 4) is 0 Å². The van der Waals surface area contributed by atoms with Crippen molar-refractivity contribution in [2.45, 2.75) is 12.5 Å². The van der Waals surface area contributed by atoms with Crippen LogP contribution in [0.2, 0.25) is 0 Å². The number of ether oxygens (including phenoxy) is 1. The van der Waals surface area contributed by atoms with E-state index >= 15 is 0 Å². The summed E-state index contributed by atoms with van der Waals surface area (Å²) in [5.41, 5.74) is 0.276. The second-order valence-electron chi connectivity index (χ2n) is 4.36. The molecule has 6 nitrogen and oxygen atoms in total. The fraction of sp³-hybridized carbons (Fsp3) is 0.417. The zero-order chi connectivity index (χ0) is 13.1. The third kappa shape index (κ3) is 2.82. The Labute approximate surface area is 114 Å². The summed E-state index contributed by atoms with van der Waals surface area (Å²) in [4.78, 5) is 13.0. The predicted octanol–water partition coefficient (Wildman–Crippen LogP) is 0.883. The fourth-order valence-electron chi connectivity index (χ4n) is 1.78. The van der Waals surface area contributed by atoms with Gasteiger partial charge in [-0.05, 0) is 11.4 Å². The van der Waals surface area contributed by atoms with Gasteiger partial charge < -0.3 is 10.1 Å². The van der Waals surface area contributed by atoms with Crippen LogP contribution in [0, 0.1) is 0 Å². The molecule has 2 aromatic heterocycles. The number of esters is 1. The van der Waals surface area contributed by atoms with Gasteiger partial charge in [-0.1, -0.05) is 11.3 Å². The molecule has 19 heavy (non-hydrogen) atoms. The molecule has 3 heterocycles. The monoisotopic (exact) mass is 278 g/mol. The summed E-state index contributed by atoms with van der Waals surface area (Å²) in [5.74, 6) is -0.407. The SMILES string of the molecule is O=C(OCCc1cccs1)c1cn(C2CNC2)nn1. The lowest BCUT2D eigenvalue weighted by Gasteiger charge is -2.26. The van der Waals surface area contributed by atoms with Gasteiger partial charge in [0.2, 0.25) is 0 Å². The summed E-state index contributed by atoms with van der Waals surface area (Å²) in [7, 11) is 0. The minimum absolute atomic E-state index is 0.276. The van der Waals surface area contributed by atoms with E-state index in [4.69, 9.17) is 4.74 Å². The smallest absolute Gasteiger partial charge is 0.360 e. The van der Waals surface area contributed by atoms with Crippen LogP contribution >= 0.6 is 11.3 Å². The lowest BCUT2D eigenvalue weighted by atomic mass is 10.2. The van der Waals surface area contributed by atoms with E-state index in [1.165, 1.54) is 4.88 Å². The van der Waals surface area contributed by atoms with Gasteiger partial charge in [0.05, 0.1) is 18.8 Å². The maximum absolute atomic E-state index is 11.8. The van der Waals surface area contributed by atoms with Crippen molar-refractivity contribution in [3.05, 3.63) is 34.3 Å². The first-order chi connectivity index (χ1) is 9.33. The Hall–Kier alpha value is -1.73. The molecule has 0 aliphatic carbocycles. The van der Waals surface area contributed by atoms with Crippen molar-refractivity contribution >= 4 is 17.3 Å². The van der Waals surface area contributed by atoms with E-state index in [1.54, 1.807) is 22.2 Å². The van der Waals surface area contributed by atoms with Crippen LogP contribution in [0.3, 0.4) is 0 Å². The maximum Gasteiger partial charge on any atom is 0.360 e. The van der Waals surface area contributed by atoms with E-state index in [2.05, 4.69) is 15.6 Å². The minimum atomic E-state index is -0.407. The third-order valence-corrected chi connectivity index (χ3v) is 3.95. The lowest BCUT2D eigenvalue weighted by Crippen LogP contribution is -2.43. The van der Waals surface area contributed by atoms with Gasteiger partial charge in [-0.25, -0.2) is 9.48 Å². The average Bonchev–Trinajstić information content (AvgIpc) is 2.97. The number of hydrogen-bond donors (Lipinski definition) is 1. The van der Waals surface area contributed by atoms with Gasteiger partial charge in [0.15, 0.2) is 5.69 Å². The van der Waals surface area contributed by atoms with E-state index in [9.17, 15) is 4.79 Å². The molecular weight excluding hydrogens is 264 g/mol. The number of hydrogen-bond acceptors (Lipinski definition) is 6. The highest BCUT2D eigenvalue weighted by atomic mass is 32.1. The first-order valence-corrected chi connectivity index (χ1v) is 7.03. The number of carbonyl (C=O) groups is 1. The Morgan fingerprint density at radius 1 is 1.58 bits per heavy atom. The summed E-state index contributed by atoms with van der Waals surface area (Å²) >= 11 is 1.66. The van der Waals surface area contributed by atoms with Crippen LogP contribution in [0.5, 0.6) is 0 Å². The van der Waals surface area contributed by atoms with E-state index in [-0.39, 0.29) is 5.69 Å². The summed E-state index contributed by atoms with van der Waals surface area (Å²) < 4.78 is 6.90. The summed E-state index contributed by atoms with van der Waals surface area (Å²) in [5, 5.41) is 12.9. The average molecular weight is 278 g/mol. The Bertz CT molecular complexity index is 548. The predicted molar refractivity (Wildman–Crippen MR) is 70.2 cm³/mol. The molecular formula is C12H14N4O2S. The summed E-state index contributed by atoms with van der Waals surface area (Å²) in [6.07, 6.45) is 2.39. The normalized spacial score (nSPS) is 15.2. The molecule has 0 saturated carbocycles. The molecule has 1 N–H and O–H groups in total. The van der Waals surface area contributed by atoms with Crippen LogP contribution in [-0.2, 0) is 11.2 Å². The molecule has 0 bridgehead atoms. The van der Waals surface area contributed by atoms with Crippen LogP contribution in [-0.4, -0.2) is 40.7 Å². The summed E-state index contributed by atoms with van der Waals surface area (Å²) in [6, 6.07) is 4.32. The molecule has 0 spiro atoms. The zero-order valence-corrected chi connectivity index (χ0v) is 11.1. The van der Waals surface area contributed by atoms with Gasteiger partial charge >= 0.3 is 5.97 Å². The number of aromatic nitrogens is 3. The van der Waals surface area contributed by atoms with Crippen LogP contribution in [0.1, 0.15) is 21.4 Å². The number of nitrogens with one attached hydrogen (secondary N) is 1. The number of nitrogens with zero attached hydrogens (tertiary/aromatic N) is 3. The zero-order valence-electron chi connectivity index (χ0n) is 10.3. The summed E-state index contributed by atoms with van der Waals surface area (Å²) in [6.45, 7) is 2.11. The van der Waals surface area contributed by atoms with Crippen LogP contribution < -0.4 is 5.32 Å². The third-order valence-electron chi connectivity index (χ3n) is 3.02. The van der Waals surface area contributed by atoms with Gasteiger partial charge in [0, 0.05) is 24.4 Å². The van der Waals surface area contributed by atoms with Gasteiger partial charge in [0.25, 0.3) is 0 Å². The number of carbonyl (C=O) groups excluding carboxylic acids is 1. The van der Waals surface area contributed by atoms with Crippen molar-refractivity contribution in [1.29, 1.82) is 0 Å². The quantitative estimate of drug-likeness (QED) is 0.822. The minimum Gasteiger partial charge on any atom is -0.460 e. The molecule has 1 aliphatic heterocycles. The van der Waals surface area contributed by atoms with Gasteiger partial charge in [0.1, 0.15) is 0 Å². The lowest BCUT2D eigenvalue weighted by molar-refractivity contribution is 0.0503. The van der Waals surface area contributed by atoms with Crippen molar-refractivity contribution in [2.24, 2.45) is 0 Å². The second-order valence-corrected chi connectivity index (χ2v) is 5.39. The molecule has 0 radical (unpaired) electrons. The van der Waals surface area contributed by atoms with E-state index in [0.29, 0.717) is 12.6 Å².